The number of benzene rings is 1. The molecule has 1 aliphatic rings. The molecule has 0 bridgehead atoms. The number of nitrogens with zero attached hydrogens (tertiary/aromatic N) is 5. The summed E-state index contributed by atoms with van der Waals surface area (Å²) in [6.07, 6.45) is 4.79. The highest BCUT2D eigenvalue weighted by atomic mass is 127. The second-order valence-electron chi connectivity index (χ2n) is 6.31. The number of hydrogen-bond acceptors (Lipinski definition) is 3. The van der Waals surface area contributed by atoms with Crippen LogP contribution in [0.25, 0.3) is 0 Å². The Labute approximate surface area is 183 Å². The fourth-order valence-electron chi connectivity index (χ4n) is 3.13. The molecule has 1 aromatic heterocycles. The maximum atomic E-state index is 6.12. The maximum absolute atomic E-state index is 6.12. The van der Waals surface area contributed by atoms with Gasteiger partial charge in [-0.15, -0.1) is 24.0 Å². The molecule has 1 aliphatic heterocycles. The zero-order valence-corrected chi connectivity index (χ0v) is 18.8. The monoisotopic (exact) mass is 502 g/mol. The summed E-state index contributed by atoms with van der Waals surface area (Å²) in [5.74, 6) is 1.01. The highest BCUT2D eigenvalue weighted by molar-refractivity contribution is 14.0. The molecule has 0 amide bonds. The lowest BCUT2D eigenvalue weighted by molar-refractivity contribution is 0.372. The van der Waals surface area contributed by atoms with Gasteiger partial charge in [0.15, 0.2) is 5.96 Å². The Bertz CT molecular complexity index is 698. The van der Waals surface area contributed by atoms with Crippen LogP contribution in [-0.2, 0) is 6.54 Å². The number of hydrogen-bond donors (Lipinski definition) is 1. The van der Waals surface area contributed by atoms with Crippen LogP contribution in [-0.4, -0.2) is 59.9 Å². The molecule has 1 saturated heterocycles. The molecule has 2 aromatic rings. The van der Waals surface area contributed by atoms with Crippen molar-refractivity contribution in [1.82, 2.24) is 20.0 Å². The van der Waals surface area contributed by atoms with Gasteiger partial charge < -0.3 is 15.1 Å². The summed E-state index contributed by atoms with van der Waals surface area (Å²) in [7, 11) is 0. The average Bonchev–Trinajstić information content (AvgIpc) is 3.18. The zero-order valence-electron chi connectivity index (χ0n) is 15.7. The van der Waals surface area contributed by atoms with E-state index in [2.05, 4.69) is 33.2 Å². The zero-order chi connectivity index (χ0) is 18.2. The lowest BCUT2D eigenvalue weighted by Crippen LogP contribution is -2.52. The van der Waals surface area contributed by atoms with E-state index in [4.69, 9.17) is 16.6 Å². The van der Waals surface area contributed by atoms with E-state index in [1.165, 1.54) is 5.69 Å². The van der Waals surface area contributed by atoms with Crippen molar-refractivity contribution >= 4 is 47.2 Å². The minimum atomic E-state index is 0. The van der Waals surface area contributed by atoms with Crippen molar-refractivity contribution < 1.29 is 0 Å². The summed E-state index contributed by atoms with van der Waals surface area (Å²) in [6, 6.07) is 10.0. The van der Waals surface area contributed by atoms with E-state index in [1.54, 1.807) is 0 Å². The van der Waals surface area contributed by atoms with Crippen LogP contribution in [0.2, 0.25) is 5.02 Å². The minimum Gasteiger partial charge on any atom is -0.368 e. The van der Waals surface area contributed by atoms with Gasteiger partial charge in [-0.25, -0.2) is 0 Å². The summed E-state index contributed by atoms with van der Waals surface area (Å²) in [5, 5.41) is 8.44. The molecule has 27 heavy (non-hydrogen) atoms. The Kier molecular flexibility index (Phi) is 9.20. The molecule has 0 atom stereocenters. The van der Waals surface area contributed by atoms with Crippen molar-refractivity contribution in [1.29, 1.82) is 0 Å². The molecule has 3 rings (SSSR count). The van der Waals surface area contributed by atoms with E-state index in [0.29, 0.717) is 0 Å². The second kappa shape index (κ2) is 11.4. The fraction of sp³-hybridized carbons (Fsp3) is 0.474. The van der Waals surface area contributed by atoms with Gasteiger partial charge in [-0.05, 0) is 37.6 Å². The molecule has 6 nitrogen and oxygen atoms in total. The van der Waals surface area contributed by atoms with Crippen LogP contribution in [0, 0.1) is 0 Å². The molecule has 0 unspecified atom stereocenters. The Morgan fingerprint density at radius 3 is 2.70 bits per heavy atom. The van der Waals surface area contributed by atoms with E-state index in [0.717, 1.165) is 63.2 Å². The van der Waals surface area contributed by atoms with Crippen LogP contribution < -0.4 is 10.2 Å². The van der Waals surface area contributed by atoms with Crippen molar-refractivity contribution in [3.8, 4) is 0 Å². The summed E-state index contributed by atoms with van der Waals surface area (Å²) in [5.41, 5.74) is 1.19. The molecule has 1 N–H and O–H groups in total. The van der Waals surface area contributed by atoms with Crippen molar-refractivity contribution in [2.45, 2.75) is 19.9 Å². The quantitative estimate of drug-likeness (QED) is 0.285. The normalized spacial score (nSPS) is 14.8. The van der Waals surface area contributed by atoms with E-state index in [-0.39, 0.29) is 24.0 Å². The molecule has 0 aliphatic carbocycles. The highest BCUT2D eigenvalue weighted by Crippen LogP contribution is 2.20. The molecule has 0 spiro atoms. The molecule has 1 fully saturated rings. The molecule has 0 radical (unpaired) electrons. The van der Waals surface area contributed by atoms with Crippen LogP contribution in [0.4, 0.5) is 5.69 Å². The van der Waals surface area contributed by atoms with Gasteiger partial charge in [0.25, 0.3) is 0 Å². The van der Waals surface area contributed by atoms with Crippen LogP contribution in [0.15, 0.2) is 47.7 Å². The largest absolute Gasteiger partial charge is 0.368 e. The van der Waals surface area contributed by atoms with Crippen LogP contribution in [0.3, 0.4) is 0 Å². The summed E-state index contributed by atoms with van der Waals surface area (Å²) >= 11 is 6.12. The number of aromatic nitrogens is 2. The third-order valence-electron chi connectivity index (χ3n) is 4.45. The highest BCUT2D eigenvalue weighted by Gasteiger charge is 2.19. The standard InChI is InChI=1S/C19H27ClN6.HI/c1-2-21-19(22-8-4-10-26-11-5-9-23-26)25-14-12-24(13-15-25)18-7-3-6-17(20)16-18;/h3,5-7,9,11,16H,2,4,8,10,12-15H2,1H3,(H,21,22);1H. The summed E-state index contributed by atoms with van der Waals surface area (Å²) in [6.45, 7) is 8.55. The van der Waals surface area contributed by atoms with Crippen molar-refractivity contribution in [3.05, 3.63) is 47.7 Å². The number of aryl methyl sites for hydroxylation is 1. The molecular weight excluding hydrogens is 475 g/mol. The molecular formula is C19H28ClIN6. The fourth-order valence-corrected chi connectivity index (χ4v) is 3.31. The first-order chi connectivity index (χ1) is 12.8. The van der Waals surface area contributed by atoms with E-state index >= 15 is 0 Å². The van der Waals surface area contributed by atoms with Crippen LogP contribution in [0.5, 0.6) is 0 Å². The van der Waals surface area contributed by atoms with Gasteiger partial charge in [0.2, 0.25) is 0 Å². The first-order valence-electron chi connectivity index (χ1n) is 9.27. The average molecular weight is 503 g/mol. The lowest BCUT2D eigenvalue weighted by atomic mass is 10.2. The van der Waals surface area contributed by atoms with Crippen molar-refractivity contribution in [2.75, 3.05) is 44.2 Å². The molecule has 2 heterocycles. The smallest absolute Gasteiger partial charge is 0.194 e. The van der Waals surface area contributed by atoms with Gasteiger partial charge in [0.1, 0.15) is 0 Å². The number of rotatable bonds is 6. The lowest BCUT2D eigenvalue weighted by Gasteiger charge is -2.37. The van der Waals surface area contributed by atoms with Crippen LogP contribution >= 0.6 is 35.6 Å². The first kappa shape index (κ1) is 21.8. The molecule has 1 aromatic carbocycles. The van der Waals surface area contributed by atoms with Gasteiger partial charge >= 0.3 is 0 Å². The van der Waals surface area contributed by atoms with E-state index < -0.39 is 0 Å². The minimum absolute atomic E-state index is 0. The first-order valence-corrected chi connectivity index (χ1v) is 9.65. The Balaban J connectivity index is 0.00000261. The number of guanidine groups is 1. The Morgan fingerprint density at radius 2 is 2.04 bits per heavy atom. The Morgan fingerprint density at radius 1 is 1.22 bits per heavy atom. The molecule has 8 heteroatoms. The third-order valence-corrected chi connectivity index (χ3v) is 4.69. The Hall–Kier alpha value is -1.48. The number of nitrogens with one attached hydrogen (secondary N) is 1. The van der Waals surface area contributed by atoms with Gasteiger partial charge in [-0.1, -0.05) is 17.7 Å². The third kappa shape index (κ3) is 6.57. The predicted octanol–water partition coefficient (Wildman–Crippen LogP) is 3.33. The van der Waals surface area contributed by atoms with Crippen molar-refractivity contribution in [2.24, 2.45) is 4.99 Å². The van der Waals surface area contributed by atoms with Gasteiger partial charge in [0.05, 0.1) is 0 Å². The second-order valence-corrected chi connectivity index (χ2v) is 6.75. The van der Waals surface area contributed by atoms with Crippen LogP contribution in [0.1, 0.15) is 13.3 Å². The number of piperazine rings is 1. The van der Waals surface area contributed by atoms with E-state index in [1.807, 2.05) is 41.3 Å². The SMILES string of the molecule is CCNC(=NCCCn1cccn1)N1CCN(c2cccc(Cl)c2)CC1.I. The number of aliphatic imine (C=N–C) groups is 1. The van der Waals surface area contributed by atoms with E-state index in [9.17, 15) is 0 Å². The van der Waals surface area contributed by atoms with Gasteiger partial charge in [-0.3, -0.25) is 9.67 Å². The predicted molar refractivity (Wildman–Crippen MR) is 123 cm³/mol. The number of halogens is 2. The van der Waals surface area contributed by atoms with Gasteiger partial charge in [-0.2, -0.15) is 5.10 Å². The number of anilines is 1. The molecule has 148 valence electrons. The summed E-state index contributed by atoms with van der Waals surface area (Å²) < 4.78 is 1.95. The summed E-state index contributed by atoms with van der Waals surface area (Å²) in [4.78, 5) is 9.52. The molecule has 0 saturated carbocycles. The maximum Gasteiger partial charge on any atom is 0.194 e. The van der Waals surface area contributed by atoms with Gasteiger partial charge in [0, 0.05) is 68.9 Å². The topological polar surface area (TPSA) is 48.7 Å². The van der Waals surface area contributed by atoms with Crippen molar-refractivity contribution in [3.63, 3.8) is 0 Å².